The molecule has 1 aliphatic rings. The number of rotatable bonds is 2. The van der Waals surface area contributed by atoms with E-state index in [0.717, 1.165) is 31.0 Å². The summed E-state index contributed by atoms with van der Waals surface area (Å²) in [6.45, 7) is 5.99. The average molecular weight is 192 g/mol. The lowest BCUT2D eigenvalue weighted by atomic mass is 10.1. The fourth-order valence-corrected chi connectivity index (χ4v) is 1.72. The zero-order valence-corrected chi connectivity index (χ0v) is 8.71. The van der Waals surface area contributed by atoms with Crippen LogP contribution in [0.5, 0.6) is 5.75 Å². The zero-order chi connectivity index (χ0) is 9.97. The second-order valence-electron chi connectivity index (χ2n) is 3.83. The van der Waals surface area contributed by atoms with Crippen LogP contribution in [0, 0.1) is 0 Å². The van der Waals surface area contributed by atoms with Gasteiger partial charge in [-0.05, 0) is 32.9 Å². The molecule has 0 unspecified atom stereocenters. The fraction of sp³-hybridized carbons (Fsp3) is 0.545. The van der Waals surface area contributed by atoms with Gasteiger partial charge in [-0.1, -0.05) is 0 Å². The number of hydrogen-bond acceptors (Lipinski definition) is 3. The second kappa shape index (κ2) is 3.96. The van der Waals surface area contributed by atoms with Crippen molar-refractivity contribution in [2.75, 3.05) is 6.54 Å². The van der Waals surface area contributed by atoms with Crippen LogP contribution in [0.25, 0.3) is 0 Å². The van der Waals surface area contributed by atoms with Crippen molar-refractivity contribution in [1.82, 2.24) is 10.3 Å². The highest BCUT2D eigenvalue weighted by atomic mass is 16.5. The molecule has 0 saturated carbocycles. The molecule has 0 bridgehead atoms. The van der Waals surface area contributed by atoms with Crippen LogP contribution in [0.1, 0.15) is 25.1 Å². The second-order valence-corrected chi connectivity index (χ2v) is 3.83. The fourth-order valence-electron chi connectivity index (χ4n) is 1.72. The van der Waals surface area contributed by atoms with Gasteiger partial charge >= 0.3 is 0 Å². The predicted molar refractivity (Wildman–Crippen MR) is 55.4 cm³/mol. The molecule has 3 heteroatoms. The van der Waals surface area contributed by atoms with Crippen LogP contribution < -0.4 is 10.1 Å². The van der Waals surface area contributed by atoms with Crippen molar-refractivity contribution in [2.24, 2.45) is 0 Å². The Hall–Kier alpha value is -1.09. The summed E-state index contributed by atoms with van der Waals surface area (Å²) in [5.74, 6) is 1.01. The molecule has 0 aromatic carbocycles. The molecule has 2 rings (SSSR count). The van der Waals surface area contributed by atoms with Gasteiger partial charge in [0.1, 0.15) is 5.75 Å². The van der Waals surface area contributed by atoms with Crippen LogP contribution in [-0.4, -0.2) is 17.6 Å². The standard InChI is InChI=1S/C11H16N2O/c1-8(2)14-11-4-6-13-10-7-12-5-3-9(10)11/h4,6,8,12H,3,5,7H2,1-2H3. The van der Waals surface area contributed by atoms with E-state index in [1.165, 1.54) is 5.56 Å². The predicted octanol–water partition coefficient (Wildman–Crippen LogP) is 1.51. The molecular formula is C11H16N2O. The van der Waals surface area contributed by atoms with Gasteiger partial charge in [-0.2, -0.15) is 0 Å². The molecular weight excluding hydrogens is 176 g/mol. The molecule has 1 N–H and O–H groups in total. The van der Waals surface area contributed by atoms with Crippen molar-refractivity contribution in [3.05, 3.63) is 23.5 Å². The molecule has 0 radical (unpaired) electrons. The van der Waals surface area contributed by atoms with Crippen LogP contribution in [0.2, 0.25) is 0 Å². The summed E-state index contributed by atoms with van der Waals surface area (Å²) in [7, 11) is 0. The van der Waals surface area contributed by atoms with Gasteiger partial charge in [0.15, 0.2) is 0 Å². The van der Waals surface area contributed by atoms with E-state index in [9.17, 15) is 0 Å². The van der Waals surface area contributed by atoms with Gasteiger partial charge in [0, 0.05) is 18.3 Å². The van der Waals surface area contributed by atoms with Crippen molar-refractivity contribution in [1.29, 1.82) is 0 Å². The molecule has 2 heterocycles. The third-order valence-electron chi connectivity index (χ3n) is 2.31. The molecule has 1 aliphatic heterocycles. The first kappa shape index (κ1) is 9.46. The van der Waals surface area contributed by atoms with E-state index in [1.54, 1.807) is 0 Å². The van der Waals surface area contributed by atoms with Crippen LogP contribution in [-0.2, 0) is 13.0 Å². The lowest BCUT2D eigenvalue weighted by Gasteiger charge is -2.20. The maximum atomic E-state index is 5.74. The van der Waals surface area contributed by atoms with Crippen LogP contribution in [0.3, 0.4) is 0 Å². The van der Waals surface area contributed by atoms with Gasteiger partial charge in [0.05, 0.1) is 11.8 Å². The summed E-state index contributed by atoms with van der Waals surface area (Å²) in [6.07, 6.45) is 3.07. The molecule has 0 fully saturated rings. The van der Waals surface area contributed by atoms with Gasteiger partial charge in [0.25, 0.3) is 0 Å². The van der Waals surface area contributed by atoms with Crippen molar-refractivity contribution < 1.29 is 4.74 Å². The third-order valence-corrected chi connectivity index (χ3v) is 2.31. The molecule has 76 valence electrons. The minimum absolute atomic E-state index is 0.233. The first-order valence-corrected chi connectivity index (χ1v) is 5.11. The van der Waals surface area contributed by atoms with Crippen LogP contribution in [0.15, 0.2) is 12.3 Å². The van der Waals surface area contributed by atoms with E-state index in [0.29, 0.717) is 0 Å². The number of nitrogens with one attached hydrogen (secondary N) is 1. The van der Waals surface area contributed by atoms with Gasteiger partial charge in [-0.25, -0.2) is 0 Å². The van der Waals surface area contributed by atoms with Crippen molar-refractivity contribution >= 4 is 0 Å². The number of pyridine rings is 1. The highest BCUT2D eigenvalue weighted by Crippen LogP contribution is 2.24. The summed E-state index contributed by atoms with van der Waals surface area (Å²) in [4.78, 5) is 4.34. The Morgan fingerprint density at radius 3 is 3.14 bits per heavy atom. The summed E-state index contributed by atoms with van der Waals surface area (Å²) in [6, 6.07) is 1.96. The molecule has 1 aromatic rings. The van der Waals surface area contributed by atoms with Gasteiger partial charge in [-0.15, -0.1) is 0 Å². The van der Waals surface area contributed by atoms with Crippen molar-refractivity contribution in [2.45, 2.75) is 32.9 Å². The Kier molecular flexibility index (Phi) is 2.68. The van der Waals surface area contributed by atoms with Crippen molar-refractivity contribution in [3.8, 4) is 5.75 Å². The van der Waals surface area contributed by atoms with Crippen molar-refractivity contribution in [3.63, 3.8) is 0 Å². The van der Waals surface area contributed by atoms with E-state index in [2.05, 4.69) is 10.3 Å². The summed E-state index contributed by atoms with van der Waals surface area (Å²) >= 11 is 0. The Morgan fingerprint density at radius 1 is 1.50 bits per heavy atom. The Bertz CT molecular complexity index is 323. The Balaban J connectivity index is 2.30. The van der Waals surface area contributed by atoms with Gasteiger partial charge in [-0.3, -0.25) is 4.98 Å². The first-order valence-electron chi connectivity index (χ1n) is 5.11. The minimum atomic E-state index is 0.233. The maximum absolute atomic E-state index is 5.74. The monoisotopic (exact) mass is 192 g/mol. The Morgan fingerprint density at radius 2 is 2.36 bits per heavy atom. The summed E-state index contributed by atoms with van der Waals surface area (Å²) in [5, 5.41) is 3.30. The van der Waals surface area contributed by atoms with Gasteiger partial charge in [0.2, 0.25) is 0 Å². The number of hydrogen-bond donors (Lipinski definition) is 1. The highest BCUT2D eigenvalue weighted by Gasteiger charge is 2.14. The largest absolute Gasteiger partial charge is 0.491 e. The molecule has 1 aromatic heterocycles. The Labute approximate surface area is 84.5 Å². The maximum Gasteiger partial charge on any atom is 0.126 e. The average Bonchev–Trinajstić information content (AvgIpc) is 2.18. The number of aromatic nitrogens is 1. The van der Waals surface area contributed by atoms with E-state index >= 15 is 0 Å². The summed E-state index contributed by atoms with van der Waals surface area (Å²) < 4.78 is 5.74. The minimum Gasteiger partial charge on any atom is -0.491 e. The normalized spacial score (nSPS) is 15.4. The lowest BCUT2D eigenvalue weighted by Crippen LogP contribution is -2.25. The number of fused-ring (bicyclic) bond motifs is 1. The molecule has 0 atom stereocenters. The number of ether oxygens (including phenoxy) is 1. The number of nitrogens with zero attached hydrogens (tertiary/aromatic N) is 1. The van der Waals surface area contributed by atoms with E-state index in [-0.39, 0.29) is 6.10 Å². The highest BCUT2D eigenvalue weighted by molar-refractivity contribution is 5.37. The van der Waals surface area contributed by atoms with Crippen LogP contribution >= 0.6 is 0 Å². The smallest absolute Gasteiger partial charge is 0.126 e. The van der Waals surface area contributed by atoms with E-state index in [1.807, 2.05) is 26.1 Å². The molecule has 0 saturated heterocycles. The SMILES string of the molecule is CC(C)Oc1ccnc2c1CCNC2. The molecule has 3 nitrogen and oxygen atoms in total. The third kappa shape index (κ3) is 1.87. The molecule has 0 aliphatic carbocycles. The summed E-state index contributed by atoms with van der Waals surface area (Å²) in [5.41, 5.74) is 2.41. The quantitative estimate of drug-likeness (QED) is 0.771. The van der Waals surface area contributed by atoms with E-state index in [4.69, 9.17) is 4.74 Å². The van der Waals surface area contributed by atoms with Gasteiger partial charge < -0.3 is 10.1 Å². The molecule has 0 amide bonds. The zero-order valence-electron chi connectivity index (χ0n) is 8.71. The first-order chi connectivity index (χ1) is 6.77. The lowest BCUT2D eigenvalue weighted by molar-refractivity contribution is 0.238. The molecule has 0 spiro atoms. The van der Waals surface area contributed by atoms with Crippen LogP contribution in [0.4, 0.5) is 0 Å². The van der Waals surface area contributed by atoms with E-state index < -0.39 is 0 Å². The topological polar surface area (TPSA) is 34.1 Å². The molecule has 14 heavy (non-hydrogen) atoms.